The van der Waals surface area contributed by atoms with E-state index in [0.717, 1.165) is 32.2 Å². The van der Waals surface area contributed by atoms with E-state index in [2.05, 4.69) is 0 Å². The van der Waals surface area contributed by atoms with Crippen molar-refractivity contribution >= 4 is 11.8 Å². The van der Waals surface area contributed by atoms with E-state index in [0.29, 0.717) is 25.3 Å². The molecule has 0 N–H and O–H groups in total. The molecule has 24 heavy (non-hydrogen) atoms. The quantitative estimate of drug-likeness (QED) is 0.850. The van der Waals surface area contributed by atoms with Gasteiger partial charge in [0, 0.05) is 32.1 Å². The van der Waals surface area contributed by atoms with Gasteiger partial charge in [0.2, 0.25) is 5.91 Å². The highest BCUT2D eigenvalue weighted by Crippen LogP contribution is 2.26. The Hall–Kier alpha value is -2.11. The minimum Gasteiger partial charge on any atom is -0.496 e. The second kappa shape index (κ2) is 7.20. The molecule has 2 heterocycles. The van der Waals surface area contributed by atoms with Crippen molar-refractivity contribution in [2.24, 2.45) is 0 Å². The Morgan fingerprint density at radius 3 is 2.83 bits per heavy atom. The number of likely N-dealkylation sites (tertiary alicyclic amines) is 2. The Kier molecular flexibility index (Phi) is 5.02. The van der Waals surface area contributed by atoms with Crippen LogP contribution < -0.4 is 4.74 Å². The molecule has 3 rings (SSSR count). The van der Waals surface area contributed by atoms with E-state index < -0.39 is 5.82 Å². The number of carbonyl (C=O) groups is 2. The molecule has 0 bridgehead atoms. The number of piperidine rings is 1. The first-order valence-corrected chi connectivity index (χ1v) is 8.52. The lowest BCUT2D eigenvalue weighted by molar-refractivity contribution is -0.128. The van der Waals surface area contributed by atoms with Gasteiger partial charge in [0.05, 0.1) is 12.7 Å². The van der Waals surface area contributed by atoms with Crippen molar-refractivity contribution in [1.29, 1.82) is 0 Å². The number of hydrogen-bond donors (Lipinski definition) is 0. The summed E-state index contributed by atoms with van der Waals surface area (Å²) < 4.78 is 18.8. The number of halogens is 1. The lowest BCUT2D eigenvalue weighted by Crippen LogP contribution is -2.49. The molecule has 0 radical (unpaired) electrons. The molecule has 6 heteroatoms. The number of ether oxygens (including phenoxy) is 1. The van der Waals surface area contributed by atoms with E-state index in [1.54, 1.807) is 4.90 Å². The normalized spacial score (nSPS) is 21.2. The number of benzene rings is 1. The van der Waals surface area contributed by atoms with Gasteiger partial charge in [-0.05, 0) is 43.9 Å². The molecule has 2 saturated heterocycles. The van der Waals surface area contributed by atoms with Crippen LogP contribution in [0.4, 0.5) is 4.39 Å². The fourth-order valence-electron chi connectivity index (χ4n) is 3.61. The Morgan fingerprint density at radius 2 is 2.12 bits per heavy atom. The Labute approximate surface area is 141 Å². The molecule has 2 aliphatic heterocycles. The van der Waals surface area contributed by atoms with Gasteiger partial charge in [-0.15, -0.1) is 0 Å². The maximum absolute atomic E-state index is 13.6. The Balaban J connectivity index is 1.81. The number of nitrogens with zero attached hydrogens (tertiary/aromatic N) is 2. The van der Waals surface area contributed by atoms with E-state index in [-0.39, 0.29) is 23.4 Å². The first kappa shape index (κ1) is 16.7. The molecule has 2 fully saturated rings. The van der Waals surface area contributed by atoms with Crippen molar-refractivity contribution in [3.05, 3.63) is 29.6 Å². The molecular formula is C18H23FN2O3. The van der Waals surface area contributed by atoms with Gasteiger partial charge in [0.15, 0.2) is 0 Å². The zero-order valence-corrected chi connectivity index (χ0v) is 14.0. The fourth-order valence-corrected chi connectivity index (χ4v) is 3.61. The predicted molar refractivity (Wildman–Crippen MR) is 87.4 cm³/mol. The summed E-state index contributed by atoms with van der Waals surface area (Å²) in [5.74, 6) is -0.135. The monoisotopic (exact) mass is 334 g/mol. The molecule has 1 atom stereocenters. The van der Waals surface area contributed by atoms with Crippen LogP contribution in [0.1, 0.15) is 42.5 Å². The van der Waals surface area contributed by atoms with Crippen LogP contribution in [0.15, 0.2) is 18.2 Å². The van der Waals surface area contributed by atoms with Gasteiger partial charge in [-0.3, -0.25) is 9.59 Å². The van der Waals surface area contributed by atoms with Gasteiger partial charge in [-0.25, -0.2) is 4.39 Å². The summed E-state index contributed by atoms with van der Waals surface area (Å²) in [5, 5.41) is 0. The largest absolute Gasteiger partial charge is 0.496 e. The highest BCUT2D eigenvalue weighted by Gasteiger charge is 2.32. The molecular weight excluding hydrogens is 311 g/mol. The zero-order chi connectivity index (χ0) is 17.1. The van der Waals surface area contributed by atoms with Crippen LogP contribution in [0, 0.1) is 5.82 Å². The third-order valence-corrected chi connectivity index (χ3v) is 4.88. The second-order valence-electron chi connectivity index (χ2n) is 6.44. The second-order valence-corrected chi connectivity index (χ2v) is 6.44. The Bertz CT molecular complexity index is 635. The summed E-state index contributed by atoms with van der Waals surface area (Å²) in [5.41, 5.74) is 0.247. The van der Waals surface area contributed by atoms with Gasteiger partial charge in [-0.2, -0.15) is 0 Å². The van der Waals surface area contributed by atoms with E-state index in [4.69, 9.17) is 4.74 Å². The van der Waals surface area contributed by atoms with E-state index in [9.17, 15) is 14.0 Å². The molecule has 0 saturated carbocycles. The van der Waals surface area contributed by atoms with E-state index in [1.807, 2.05) is 4.90 Å². The summed E-state index contributed by atoms with van der Waals surface area (Å²) in [6.45, 7) is 1.97. The number of methoxy groups -OCH3 is 1. The van der Waals surface area contributed by atoms with Crippen molar-refractivity contribution in [3.8, 4) is 5.75 Å². The fraction of sp³-hybridized carbons (Fsp3) is 0.556. The molecule has 2 amide bonds. The summed E-state index contributed by atoms with van der Waals surface area (Å²) >= 11 is 0. The first-order valence-electron chi connectivity index (χ1n) is 8.52. The third kappa shape index (κ3) is 3.37. The SMILES string of the molecule is COc1ccc(F)cc1C(=O)N1CCCC[C@@H]1CN1CCCC1=O. The molecule has 1 aromatic rings. The summed E-state index contributed by atoms with van der Waals surface area (Å²) in [7, 11) is 1.47. The number of amides is 2. The van der Waals surface area contributed by atoms with Gasteiger partial charge < -0.3 is 14.5 Å². The van der Waals surface area contributed by atoms with Crippen LogP contribution in [0.3, 0.4) is 0 Å². The molecule has 1 aromatic carbocycles. The van der Waals surface area contributed by atoms with Crippen molar-refractivity contribution < 1.29 is 18.7 Å². The third-order valence-electron chi connectivity index (χ3n) is 4.88. The Morgan fingerprint density at radius 1 is 1.29 bits per heavy atom. The lowest BCUT2D eigenvalue weighted by atomic mass is 10.00. The average Bonchev–Trinajstić information content (AvgIpc) is 2.99. The van der Waals surface area contributed by atoms with Crippen LogP contribution >= 0.6 is 0 Å². The van der Waals surface area contributed by atoms with Crippen molar-refractivity contribution in [1.82, 2.24) is 9.80 Å². The number of rotatable bonds is 4. The van der Waals surface area contributed by atoms with Crippen molar-refractivity contribution in [3.63, 3.8) is 0 Å². The predicted octanol–water partition coefficient (Wildman–Crippen LogP) is 2.45. The first-order chi connectivity index (χ1) is 11.6. The molecule has 0 unspecified atom stereocenters. The van der Waals surface area contributed by atoms with Crippen LogP contribution in [0.5, 0.6) is 5.75 Å². The summed E-state index contributed by atoms with van der Waals surface area (Å²) in [6.07, 6.45) is 4.31. The van der Waals surface area contributed by atoms with Gasteiger partial charge in [0.1, 0.15) is 11.6 Å². The van der Waals surface area contributed by atoms with Crippen molar-refractivity contribution in [2.45, 2.75) is 38.1 Å². The maximum Gasteiger partial charge on any atom is 0.258 e. The smallest absolute Gasteiger partial charge is 0.258 e. The minimum absolute atomic E-state index is 0.0127. The van der Waals surface area contributed by atoms with Crippen LogP contribution in [-0.4, -0.2) is 54.4 Å². The standard InChI is InChI=1S/C18H23FN2O3/c1-24-16-8-7-13(19)11-15(16)18(23)21-10-3-2-5-14(21)12-20-9-4-6-17(20)22/h7-8,11,14H,2-6,9-10,12H2,1H3/t14-/m1/s1. The average molecular weight is 334 g/mol. The highest BCUT2D eigenvalue weighted by atomic mass is 19.1. The lowest BCUT2D eigenvalue weighted by Gasteiger charge is -2.38. The maximum atomic E-state index is 13.6. The molecule has 2 aliphatic rings. The molecule has 0 aliphatic carbocycles. The van der Waals surface area contributed by atoms with Crippen molar-refractivity contribution in [2.75, 3.05) is 26.7 Å². The summed E-state index contributed by atoms with van der Waals surface area (Å²) in [4.78, 5) is 28.5. The molecule has 0 spiro atoms. The van der Waals surface area contributed by atoms with Gasteiger partial charge in [-0.1, -0.05) is 0 Å². The van der Waals surface area contributed by atoms with Crippen LogP contribution in [0.2, 0.25) is 0 Å². The summed E-state index contributed by atoms with van der Waals surface area (Å²) in [6, 6.07) is 3.98. The van der Waals surface area contributed by atoms with E-state index in [1.165, 1.54) is 25.3 Å². The number of hydrogen-bond acceptors (Lipinski definition) is 3. The zero-order valence-electron chi connectivity index (χ0n) is 14.0. The highest BCUT2D eigenvalue weighted by molar-refractivity contribution is 5.97. The van der Waals surface area contributed by atoms with Crippen LogP contribution in [0.25, 0.3) is 0 Å². The topological polar surface area (TPSA) is 49.9 Å². The minimum atomic E-state index is -0.456. The van der Waals surface area contributed by atoms with E-state index >= 15 is 0 Å². The number of carbonyl (C=O) groups excluding carboxylic acids is 2. The van der Waals surface area contributed by atoms with Crippen LogP contribution in [-0.2, 0) is 4.79 Å². The van der Waals surface area contributed by atoms with Gasteiger partial charge >= 0.3 is 0 Å². The molecule has 0 aromatic heterocycles. The van der Waals surface area contributed by atoms with Gasteiger partial charge in [0.25, 0.3) is 5.91 Å². The molecule has 130 valence electrons. The molecule has 5 nitrogen and oxygen atoms in total.